The average Bonchev–Trinajstić information content (AvgIpc) is 2.21. The number of halogens is 3. The molecule has 0 fully saturated rings. The summed E-state index contributed by atoms with van der Waals surface area (Å²) in [6.45, 7) is 2.54. The molecule has 0 amide bonds. The molecule has 1 aromatic carbocycles. The predicted octanol–water partition coefficient (Wildman–Crippen LogP) is 2.11. The molecule has 0 atom stereocenters. The van der Waals surface area contributed by atoms with E-state index >= 15 is 0 Å². The highest BCUT2D eigenvalue weighted by Crippen LogP contribution is 2.13. The first-order valence-electron chi connectivity index (χ1n) is 4.50. The molecule has 0 aliphatic heterocycles. The molecule has 96 valence electrons. The molecule has 0 spiro atoms. The number of carbonyl (C=O) groups is 1. The molecule has 1 rings (SSSR count). The van der Waals surface area contributed by atoms with Crippen LogP contribution >= 0.6 is 0 Å². The molecular formula is C10H12F3NO3. The van der Waals surface area contributed by atoms with Crippen LogP contribution in [0.25, 0.3) is 0 Å². The predicted molar refractivity (Wildman–Crippen MR) is 53.5 cm³/mol. The Morgan fingerprint density at radius 3 is 2.18 bits per heavy atom. The maximum absolute atomic E-state index is 10.6. The number of rotatable bonds is 2. The number of hydrogen-bond donors (Lipinski definition) is 3. The molecule has 0 bridgehead atoms. The second-order valence-electron chi connectivity index (χ2n) is 3.06. The first kappa shape index (κ1) is 15.4. The number of hydrogen-bond acceptors (Lipinski definition) is 3. The van der Waals surface area contributed by atoms with Gasteiger partial charge >= 0.3 is 12.1 Å². The molecule has 3 N–H and O–H groups in total. The van der Waals surface area contributed by atoms with Crippen LogP contribution in [0.5, 0.6) is 0 Å². The molecular weight excluding hydrogens is 239 g/mol. The summed E-state index contributed by atoms with van der Waals surface area (Å²) in [4.78, 5) is 8.90. The number of hydroxylamine groups is 1. The summed E-state index contributed by atoms with van der Waals surface area (Å²) in [6, 6.07) is 7.95. The van der Waals surface area contributed by atoms with Crippen molar-refractivity contribution in [1.82, 2.24) is 5.48 Å². The van der Waals surface area contributed by atoms with Crippen molar-refractivity contribution in [2.45, 2.75) is 19.6 Å². The minimum atomic E-state index is -5.08. The van der Waals surface area contributed by atoms with Crippen molar-refractivity contribution >= 4 is 5.97 Å². The Hall–Kier alpha value is -1.60. The highest BCUT2D eigenvalue weighted by molar-refractivity contribution is 5.73. The van der Waals surface area contributed by atoms with E-state index in [1.165, 1.54) is 5.56 Å². The van der Waals surface area contributed by atoms with Gasteiger partial charge in [-0.1, -0.05) is 24.3 Å². The van der Waals surface area contributed by atoms with Crippen LogP contribution in [-0.4, -0.2) is 22.5 Å². The van der Waals surface area contributed by atoms with Crippen molar-refractivity contribution in [2.24, 2.45) is 0 Å². The Labute approximate surface area is 95.6 Å². The molecule has 0 aliphatic carbocycles. The summed E-state index contributed by atoms with van der Waals surface area (Å²) in [7, 11) is 0. The van der Waals surface area contributed by atoms with E-state index in [1.807, 2.05) is 31.2 Å². The van der Waals surface area contributed by atoms with Crippen molar-refractivity contribution in [3.05, 3.63) is 35.4 Å². The number of alkyl halides is 3. The molecule has 0 saturated carbocycles. The summed E-state index contributed by atoms with van der Waals surface area (Å²) in [5, 5.41) is 15.5. The van der Waals surface area contributed by atoms with Gasteiger partial charge in [-0.2, -0.15) is 13.2 Å². The quantitative estimate of drug-likeness (QED) is 0.704. The van der Waals surface area contributed by atoms with Crippen molar-refractivity contribution in [3.8, 4) is 0 Å². The topological polar surface area (TPSA) is 69.6 Å². The molecule has 0 aliphatic rings. The lowest BCUT2D eigenvalue weighted by Crippen LogP contribution is -2.21. The minimum absolute atomic E-state index is 0.521. The molecule has 17 heavy (non-hydrogen) atoms. The molecule has 0 saturated heterocycles. The van der Waals surface area contributed by atoms with Crippen LogP contribution < -0.4 is 5.48 Å². The smallest absolute Gasteiger partial charge is 0.475 e. The van der Waals surface area contributed by atoms with Gasteiger partial charge in [-0.25, -0.2) is 10.3 Å². The van der Waals surface area contributed by atoms with Gasteiger partial charge in [-0.3, -0.25) is 0 Å². The number of aryl methyl sites for hydroxylation is 1. The largest absolute Gasteiger partial charge is 0.490 e. The lowest BCUT2D eigenvalue weighted by atomic mass is 10.1. The third kappa shape index (κ3) is 6.54. The van der Waals surface area contributed by atoms with Gasteiger partial charge in [0, 0.05) is 6.54 Å². The second kappa shape index (κ2) is 6.87. The van der Waals surface area contributed by atoms with Crippen LogP contribution in [0.1, 0.15) is 11.1 Å². The molecule has 0 radical (unpaired) electrons. The number of carboxylic acids is 1. The minimum Gasteiger partial charge on any atom is -0.475 e. The van der Waals surface area contributed by atoms with Gasteiger partial charge in [0.05, 0.1) is 0 Å². The lowest BCUT2D eigenvalue weighted by Gasteiger charge is -2.01. The van der Waals surface area contributed by atoms with Crippen molar-refractivity contribution in [3.63, 3.8) is 0 Å². The number of nitrogens with one attached hydrogen (secondary N) is 1. The van der Waals surface area contributed by atoms with E-state index in [4.69, 9.17) is 15.1 Å². The van der Waals surface area contributed by atoms with E-state index < -0.39 is 12.1 Å². The lowest BCUT2D eigenvalue weighted by molar-refractivity contribution is -0.192. The van der Waals surface area contributed by atoms with Crippen molar-refractivity contribution in [1.29, 1.82) is 0 Å². The fraction of sp³-hybridized carbons (Fsp3) is 0.300. The third-order valence-corrected chi connectivity index (χ3v) is 1.77. The summed E-state index contributed by atoms with van der Waals surface area (Å²) < 4.78 is 31.7. The van der Waals surface area contributed by atoms with Gasteiger partial charge in [-0.15, -0.1) is 0 Å². The zero-order valence-electron chi connectivity index (χ0n) is 8.95. The first-order chi connectivity index (χ1) is 7.79. The van der Waals surface area contributed by atoms with Crippen molar-refractivity contribution < 1.29 is 28.3 Å². The van der Waals surface area contributed by atoms with Gasteiger partial charge in [0.1, 0.15) is 0 Å². The summed E-state index contributed by atoms with van der Waals surface area (Å²) in [5.74, 6) is -2.76. The summed E-state index contributed by atoms with van der Waals surface area (Å²) in [6.07, 6.45) is -5.08. The van der Waals surface area contributed by atoms with Gasteiger partial charge < -0.3 is 10.3 Å². The van der Waals surface area contributed by atoms with Gasteiger partial charge in [0.25, 0.3) is 0 Å². The fourth-order valence-electron chi connectivity index (χ4n) is 0.894. The fourth-order valence-corrected chi connectivity index (χ4v) is 0.894. The maximum Gasteiger partial charge on any atom is 0.490 e. The molecule has 0 aromatic heterocycles. The van der Waals surface area contributed by atoms with Gasteiger partial charge in [-0.05, 0) is 18.1 Å². The molecule has 1 aromatic rings. The highest BCUT2D eigenvalue weighted by Gasteiger charge is 2.38. The zero-order valence-corrected chi connectivity index (χ0v) is 8.95. The van der Waals surface area contributed by atoms with E-state index in [9.17, 15) is 13.2 Å². The van der Waals surface area contributed by atoms with Crippen LogP contribution in [0.2, 0.25) is 0 Å². The first-order valence-corrected chi connectivity index (χ1v) is 4.50. The molecule has 0 unspecified atom stereocenters. The van der Waals surface area contributed by atoms with Gasteiger partial charge in [0.2, 0.25) is 0 Å². The Morgan fingerprint density at radius 1 is 1.35 bits per heavy atom. The van der Waals surface area contributed by atoms with E-state index in [-0.39, 0.29) is 0 Å². The van der Waals surface area contributed by atoms with E-state index in [0.717, 1.165) is 5.56 Å². The zero-order chi connectivity index (χ0) is 13.5. The van der Waals surface area contributed by atoms with E-state index in [0.29, 0.717) is 6.54 Å². The van der Waals surface area contributed by atoms with Crippen LogP contribution in [-0.2, 0) is 11.3 Å². The number of carboxylic acid groups (broad SMARTS) is 1. The monoisotopic (exact) mass is 251 g/mol. The summed E-state index contributed by atoms with van der Waals surface area (Å²) >= 11 is 0. The number of aliphatic carboxylic acids is 1. The van der Waals surface area contributed by atoms with Gasteiger partial charge in [0.15, 0.2) is 0 Å². The standard InChI is InChI=1S/C8H11NO.C2HF3O2/c1-7-4-2-3-5-8(7)6-9-10;3-2(4,5)1(6)7/h2-5,9-10H,6H2,1H3;(H,6,7). The van der Waals surface area contributed by atoms with E-state index in [2.05, 4.69) is 5.48 Å². The van der Waals surface area contributed by atoms with Crippen molar-refractivity contribution in [2.75, 3.05) is 0 Å². The maximum atomic E-state index is 10.6. The Morgan fingerprint density at radius 2 is 1.82 bits per heavy atom. The summed E-state index contributed by atoms with van der Waals surface area (Å²) in [5.41, 5.74) is 4.45. The van der Waals surface area contributed by atoms with Crippen LogP contribution in [0.3, 0.4) is 0 Å². The van der Waals surface area contributed by atoms with E-state index in [1.54, 1.807) is 0 Å². The van der Waals surface area contributed by atoms with Crippen LogP contribution in [0, 0.1) is 6.92 Å². The van der Waals surface area contributed by atoms with Crippen LogP contribution in [0.15, 0.2) is 24.3 Å². The third-order valence-electron chi connectivity index (χ3n) is 1.77. The molecule has 4 nitrogen and oxygen atoms in total. The Balaban J connectivity index is 0.000000325. The average molecular weight is 251 g/mol. The Bertz CT molecular complexity index is 366. The SMILES string of the molecule is Cc1ccccc1CNO.O=C(O)C(F)(F)F. The normalized spacial score (nSPS) is 10.4. The highest BCUT2D eigenvalue weighted by atomic mass is 19.4. The molecule has 0 heterocycles. The number of benzene rings is 1. The molecule has 7 heteroatoms. The Kier molecular flexibility index (Phi) is 6.22. The van der Waals surface area contributed by atoms with Crippen LogP contribution in [0.4, 0.5) is 13.2 Å². The second-order valence-corrected chi connectivity index (χ2v) is 3.06.